The molecule has 1 heterocycles. The molecular formula is C30H24N4O3S. The van der Waals surface area contributed by atoms with Crippen molar-refractivity contribution in [2.75, 3.05) is 11.9 Å². The van der Waals surface area contributed by atoms with Gasteiger partial charge in [-0.05, 0) is 60.7 Å². The molecule has 5 aromatic rings. The molecule has 0 fully saturated rings. The maximum atomic E-state index is 13.2. The molecule has 1 amide bonds. The Kier molecular flexibility index (Phi) is 7.52. The number of hydrogen-bond acceptors (Lipinski definition) is 7. The molecule has 0 saturated heterocycles. The lowest BCUT2D eigenvalue weighted by molar-refractivity contribution is -0.117. The van der Waals surface area contributed by atoms with Gasteiger partial charge in [-0.1, -0.05) is 36.4 Å². The van der Waals surface area contributed by atoms with E-state index in [0.717, 1.165) is 20.8 Å². The van der Waals surface area contributed by atoms with Crippen LogP contribution in [0.2, 0.25) is 0 Å². The van der Waals surface area contributed by atoms with Gasteiger partial charge in [-0.15, -0.1) is 11.3 Å². The minimum Gasteiger partial charge on any atom is -0.507 e. The molecule has 0 spiro atoms. The van der Waals surface area contributed by atoms with Gasteiger partial charge < -0.3 is 15.5 Å². The van der Waals surface area contributed by atoms with Crippen LogP contribution >= 0.6 is 11.3 Å². The number of anilines is 1. The number of thiazole rings is 1. The van der Waals surface area contributed by atoms with E-state index in [1.165, 1.54) is 12.4 Å². The Balaban J connectivity index is 1.32. The van der Waals surface area contributed by atoms with Crippen LogP contribution in [0.15, 0.2) is 107 Å². The van der Waals surface area contributed by atoms with Gasteiger partial charge in [-0.25, -0.2) is 4.98 Å². The number of aromatic hydroxyl groups is 2. The van der Waals surface area contributed by atoms with Crippen molar-refractivity contribution in [1.29, 1.82) is 0 Å². The quantitative estimate of drug-likeness (QED) is 0.221. The van der Waals surface area contributed by atoms with Gasteiger partial charge in [0.15, 0.2) is 0 Å². The van der Waals surface area contributed by atoms with Crippen molar-refractivity contribution in [2.24, 2.45) is 9.98 Å². The van der Waals surface area contributed by atoms with Gasteiger partial charge in [-0.3, -0.25) is 14.8 Å². The number of benzene rings is 4. The summed E-state index contributed by atoms with van der Waals surface area (Å²) in [6.45, 7) is 0.0497. The molecule has 8 heteroatoms. The summed E-state index contributed by atoms with van der Waals surface area (Å²) in [5, 5.41) is 23.9. The van der Waals surface area contributed by atoms with Gasteiger partial charge >= 0.3 is 0 Å². The van der Waals surface area contributed by atoms with Crippen molar-refractivity contribution >= 4 is 45.6 Å². The van der Waals surface area contributed by atoms with E-state index in [0.29, 0.717) is 16.8 Å². The third-order valence-corrected chi connectivity index (χ3v) is 6.86. The van der Waals surface area contributed by atoms with Crippen LogP contribution in [0.1, 0.15) is 11.1 Å². The first-order valence-electron chi connectivity index (χ1n) is 11.9. The first-order chi connectivity index (χ1) is 18.6. The van der Waals surface area contributed by atoms with Crippen molar-refractivity contribution in [2.45, 2.75) is 6.04 Å². The highest BCUT2D eigenvalue weighted by Gasteiger charge is 2.17. The summed E-state index contributed by atoms with van der Waals surface area (Å²) in [5.74, 6) is -0.180. The fourth-order valence-electron chi connectivity index (χ4n) is 3.73. The Bertz CT molecular complexity index is 1590. The zero-order valence-corrected chi connectivity index (χ0v) is 21.0. The molecule has 188 valence electrons. The molecule has 4 aromatic carbocycles. The van der Waals surface area contributed by atoms with Crippen LogP contribution in [0.3, 0.4) is 0 Å². The molecule has 0 aliphatic heterocycles. The summed E-state index contributed by atoms with van der Waals surface area (Å²) in [4.78, 5) is 26.6. The Morgan fingerprint density at radius 3 is 2.16 bits per heavy atom. The van der Waals surface area contributed by atoms with Gasteiger partial charge in [0.1, 0.15) is 22.5 Å². The Morgan fingerprint density at radius 1 is 0.842 bits per heavy atom. The molecule has 0 saturated carbocycles. The number of nitrogens with zero attached hydrogens (tertiary/aromatic N) is 3. The number of nitrogens with one attached hydrogen (secondary N) is 1. The number of carbonyl (C=O) groups is 1. The lowest BCUT2D eigenvalue weighted by Crippen LogP contribution is -2.29. The third-order valence-electron chi connectivity index (χ3n) is 5.77. The number of para-hydroxylation sites is 3. The number of phenolic OH excluding ortho intramolecular Hbond substituents is 2. The van der Waals surface area contributed by atoms with Crippen molar-refractivity contribution in [3.63, 3.8) is 0 Å². The number of aromatic nitrogens is 1. The number of hydrogen-bond donors (Lipinski definition) is 3. The zero-order valence-electron chi connectivity index (χ0n) is 20.2. The summed E-state index contributed by atoms with van der Waals surface area (Å²) in [6.07, 6.45) is 2.98. The largest absolute Gasteiger partial charge is 0.507 e. The van der Waals surface area contributed by atoms with Gasteiger partial charge in [0.05, 0.1) is 16.8 Å². The van der Waals surface area contributed by atoms with E-state index in [2.05, 4.69) is 20.3 Å². The molecule has 1 aromatic heterocycles. The van der Waals surface area contributed by atoms with Crippen LogP contribution in [-0.2, 0) is 4.79 Å². The van der Waals surface area contributed by atoms with Gasteiger partial charge in [0.25, 0.3) is 5.91 Å². The molecule has 0 aliphatic rings. The first kappa shape index (κ1) is 24.9. The lowest BCUT2D eigenvalue weighted by atomic mass is 10.2. The van der Waals surface area contributed by atoms with Crippen molar-refractivity contribution < 1.29 is 15.0 Å². The maximum absolute atomic E-state index is 13.2. The summed E-state index contributed by atoms with van der Waals surface area (Å²) in [5.41, 5.74) is 3.58. The van der Waals surface area contributed by atoms with E-state index >= 15 is 0 Å². The van der Waals surface area contributed by atoms with Crippen LogP contribution in [0.5, 0.6) is 11.5 Å². The Hall–Kier alpha value is -4.82. The van der Waals surface area contributed by atoms with E-state index < -0.39 is 6.04 Å². The highest BCUT2D eigenvalue weighted by atomic mass is 32.1. The molecule has 1 atom stereocenters. The van der Waals surface area contributed by atoms with Gasteiger partial charge in [-0.2, -0.15) is 0 Å². The molecule has 0 radical (unpaired) electrons. The average molecular weight is 521 g/mol. The number of amides is 1. The standard InChI is InChI=1S/C30H24N4O3S/c35-26-10-4-1-7-21(26)17-31-19-25(32-18-22-8-2-5-11-27(22)36)29(37)33-23-15-13-20(14-16-23)30-34-24-9-3-6-12-28(24)38-30/h1-18,25,35-36H,19H2,(H,33,37). The predicted octanol–water partition coefficient (Wildman–Crippen LogP) is 5.92. The number of aliphatic imine (C=N–C) groups is 2. The minimum absolute atomic E-state index is 0.0497. The van der Waals surface area contributed by atoms with E-state index in [-0.39, 0.29) is 24.0 Å². The molecule has 1 unspecified atom stereocenters. The second-order valence-corrected chi connectivity index (χ2v) is 9.49. The SMILES string of the molecule is O=C(Nc1ccc(-c2nc3ccccc3s2)cc1)C(CN=Cc1ccccc1O)N=Cc1ccccc1O. The van der Waals surface area contributed by atoms with Crippen LogP contribution in [0.25, 0.3) is 20.8 Å². The molecular weight excluding hydrogens is 496 g/mol. The molecule has 3 N–H and O–H groups in total. The van der Waals surface area contributed by atoms with Gasteiger partial charge in [0, 0.05) is 34.8 Å². The summed E-state index contributed by atoms with van der Waals surface area (Å²) < 4.78 is 1.12. The predicted molar refractivity (Wildman–Crippen MR) is 154 cm³/mol. The highest BCUT2D eigenvalue weighted by Crippen LogP contribution is 2.30. The summed E-state index contributed by atoms with van der Waals surface area (Å²) >= 11 is 1.62. The molecule has 0 bridgehead atoms. The van der Waals surface area contributed by atoms with Crippen molar-refractivity contribution in [3.8, 4) is 22.1 Å². The van der Waals surface area contributed by atoms with Crippen LogP contribution in [-0.4, -0.2) is 46.1 Å². The van der Waals surface area contributed by atoms with Crippen LogP contribution in [0, 0.1) is 0 Å². The Morgan fingerprint density at radius 2 is 1.47 bits per heavy atom. The van der Waals surface area contributed by atoms with Crippen LogP contribution in [0.4, 0.5) is 5.69 Å². The smallest absolute Gasteiger partial charge is 0.251 e. The monoisotopic (exact) mass is 520 g/mol. The van der Waals surface area contributed by atoms with Crippen LogP contribution < -0.4 is 5.32 Å². The maximum Gasteiger partial charge on any atom is 0.251 e. The van der Waals surface area contributed by atoms with E-state index in [9.17, 15) is 15.0 Å². The van der Waals surface area contributed by atoms with E-state index in [1.54, 1.807) is 59.9 Å². The summed E-state index contributed by atoms with van der Waals surface area (Å²) in [7, 11) is 0. The number of phenols is 2. The number of rotatable bonds is 8. The second-order valence-electron chi connectivity index (χ2n) is 8.46. The first-order valence-corrected chi connectivity index (χ1v) is 12.7. The minimum atomic E-state index is -0.861. The van der Waals surface area contributed by atoms with E-state index in [1.807, 2.05) is 48.5 Å². The lowest BCUT2D eigenvalue weighted by Gasteiger charge is -2.12. The molecule has 0 aliphatic carbocycles. The fourth-order valence-corrected chi connectivity index (χ4v) is 4.70. The molecule has 38 heavy (non-hydrogen) atoms. The fraction of sp³-hybridized carbons (Fsp3) is 0.0667. The number of carbonyl (C=O) groups excluding carboxylic acids is 1. The highest BCUT2D eigenvalue weighted by molar-refractivity contribution is 7.21. The molecule has 5 rings (SSSR count). The van der Waals surface area contributed by atoms with E-state index in [4.69, 9.17) is 0 Å². The number of fused-ring (bicyclic) bond motifs is 1. The van der Waals surface area contributed by atoms with Gasteiger partial charge in [0.2, 0.25) is 0 Å². The zero-order chi connectivity index (χ0) is 26.3. The van der Waals surface area contributed by atoms with Crippen molar-refractivity contribution in [3.05, 3.63) is 108 Å². The average Bonchev–Trinajstić information content (AvgIpc) is 3.37. The normalized spacial score (nSPS) is 12.3. The second kappa shape index (κ2) is 11.5. The summed E-state index contributed by atoms with van der Waals surface area (Å²) in [6, 6.07) is 28.2. The topological polar surface area (TPSA) is 107 Å². The molecule has 7 nitrogen and oxygen atoms in total. The Labute approximate surface area is 223 Å². The van der Waals surface area contributed by atoms with Crippen molar-refractivity contribution in [1.82, 2.24) is 4.98 Å². The third kappa shape index (κ3) is 5.93.